The molecule has 88 valence electrons. The van der Waals surface area contributed by atoms with Crippen LogP contribution >= 0.6 is 0 Å². The quantitative estimate of drug-likeness (QED) is 0.728. The summed E-state index contributed by atoms with van der Waals surface area (Å²) in [6, 6.07) is 0.333. The number of carbonyl (C=O) groups excluding carboxylic acids is 1. The third kappa shape index (κ3) is 4.65. The van der Waals surface area contributed by atoms with Crippen LogP contribution in [0, 0.1) is 5.92 Å². The maximum Gasteiger partial charge on any atom is 0.224 e. The summed E-state index contributed by atoms with van der Waals surface area (Å²) >= 11 is 0. The summed E-state index contributed by atoms with van der Waals surface area (Å²) < 4.78 is 0. The predicted molar refractivity (Wildman–Crippen MR) is 62.7 cm³/mol. The van der Waals surface area contributed by atoms with Crippen molar-refractivity contribution in [2.75, 3.05) is 13.1 Å². The highest BCUT2D eigenvalue weighted by Gasteiger charge is 2.21. The molecule has 2 atom stereocenters. The lowest BCUT2D eigenvalue weighted by Crippen LogP contribution is -2.43. The minimum absolute atomic E-state index is 0.197. The maximum atomic E-state index is 11.8. The van der Waals surface area contributed by atoms with Crippen molar-refractivity contribution >= 4 is 5.91 Å². The number of amides is 1. The van der Waals surface area contributed by atoms with Gasteiger partial charge in [0.25, 0.3) is 0 Å². The molecule has 1 rings (SSSR count). The van der Waals surface area contributed by atoms with E-state index in [1.807, 2.05) is 0 Å². The number of nitrogens with one attached hydrogen (secondary N) is 2. The van der Waals surface area contributed by atoms with Gasteiger partial charge in [0.15, 0.2) is 0 Å². The van der Waals surface area contributed by atoms with Gasteiger partial charge in [-0.15, -0.1) is 0 Å². The Kier molecular flexibility index (Phi) is 5.69. The van der Waals surface area contributed by atoms with Crippen LogP contribution in [0.2, 0.25) is 0 Å². The Labute approximate surface area is 93.0 Å². The van der Waals surface area contributed by atoms with E-state index < -0.39 is 0 Å². The molecular weight excluding hydrogens is 188 g/mol. The van der Waals surface area contributed by atoms with Crippen LogP contribution in [0.4, 0.5) is 0 Å². The first-order chi connectivity index (χ1) is 7.24. The van der Waals surface area contributed by atoms with Gasteiger partial charge in [0, 0.05) is 12.6 Å². The molecule has 1 amide bonds. The van der Waals surface area contributed by atoms with Crippen molar-refractivity contribution < 1.29 is 4.79 Å². The molecule has 1 fully saturated rings. The zero-order valence-corrected chi connectivity index (χ0v) is 10.0. The standard InChI is InChI=1S/C12H24N2O/c1-3-4-6-10(2)14-12(15)11-7-5-8-13-9-11/h10-11,13H,3-9H2,1-2H3,(H,14,15). The van der Waals surface area contributed by atoms with Crippen LogP contribution in [0.25, 0.3) is 0 Å². The van der Waals surface area contributed by atoms with Crippen LogP contribution in [0.15, 0.2) is 0 Å². The van der Waals surface area contributed by atoms with Crippen molar-refractivity contribution in [1.29, 1.82) is 0 Å². The van der Waals surface area contributed by atoms with E-state index in [0.29, 0.717) is 6.04 Å². The molecule has 0 saturated carbocycles. The van der Waals surface area contributed by atoms with Crippen LogP contribution in [0.3, 0.4) is 0 Å². The van der Waals surface area contributed by atoms with Gasteiger partial charge in [-0.3, -0.25) is 4.79 Å². The molecule has 3 nitrogen and oxygen atoms in total. The van der Waals surface area contributed by atoms with E-state index in [2.05, 4.69) is 24.5 Å². The predicted octanol–water partition coefficient (Wildman–Crippen LogP) is 1.68. The average molecular weight is 212 g/mol. The smallest absolute Gasteiger partial charge is 0.224 e. The first-order valence-electron chi connectivity index (χ1n) is 6.25. The van der Waals surface area contributed by atoms with Gasteiger partial charge >= 0.3 is 0 Å². The average Bonchev–Trinajstić information content (AvgIpc) is 2.27. The molecule has 2 unspecified atom stereocenters. The van der Waals surface area contributed by atoms with E-state index >= 15 is 0 Å². The van der Waals surface area contributed by atoms with Gasteiger partial charge in [0.1, 0.15) is 0 Å². The van der Waals surface area contributed by atoms with Crippen LogP contribution in [-0.4, -0.2) is 25.0 Å². The molecule has 0 aromatic rings. The minimum Gasteiger partial charge on any atom is -0.353 e. The van der Waals surface area contributed by atoms with E-state index in [1.54, 1.807) is 0 Å². The Morgan fingerprint density at radius 2 is 2.40 bits per heavy atom. The lowest BCUT2D eigenvalue weighted by Gasteiger charge is -2.24. The first kappa shape index (κ1) is 12.5. The Balaban J connectivity index is 2.21. The molecule has 1 aliphatic rings. The summed E-state index contributed by atoms with van der Waals surface area (Å²) in [5.41, 5.74) is 0. The van der Waals surface area contributed by atoms with Gasteiger partial charge in [0.2, 0.25) is 5.91 Å². The molecule has 1 saturated heterocycles. The van der Waals surface area contributed by atoms with Gasteiger partial charge in [-0.25, -0.2) is 0 Å². The molecule has 0 aliphatic carbocycles. The van der Waals surface area contributed by atoms with Crippen molar-refractivity contribution in [3.63, 3.8) is 0 Å². The highest BCUT2D eigenvalue weighted by atomic mass is 16.1. The highest BCUT2D eigenvalue weighted by molar-refractivity contribution is 5.79. The summed E-state index contributed by atoms with van der Waals surface area (Å²) in [6.45, 7) is 6.20. The fourth-order valence-corrected chi connectivity index (χ4v) is 2.02. The maximum absolute atomic E-state index is 11.8. The largest absolute Gasteiger partial charge is 0.353 e. The molecule has 0 bridgehead atoms. The molecule has 0 aromatic heterocycles. The molecule has 15 heavy (non-hydrogen) atoms. The fourth-order valence-electron chi connectivity index (χ4n) is 2.02. The summed E-state index contributed by atoms with van der Waals surface area (Å²) in [5, 5.41) is 6.38. The molecular formula is C12H24N2O. The van der Waals surface area contributed by atoms with Crippen LogP contribution in [-0.2, 0) is 4.79 Å². The van der Waals surface area contributed by atoms with Crippen molar-refractivity contribution in [3.05, 3.63) is 0 Å². The third-order valence-corrected chi connectivity index (χ3v) is 3.05. The Morgan fingerprint density at radius 3 is 3.00 bits per heavy atom. The molecule has 2 N–H and O–H groups in total. The topological polar surface area (TPSA) is 41.1 Å². The second-order valence-corrected chi connectivity index (χ2v) is 4.60. The number of piperidine rings is 1. The molecule has 0 aromatic carbocycles. The van der Waals surface area contributed by atoms with Crippen molar-refractivity contribution in [3.8, 4) is 0 Å². The second kappa shape index (κ2) is 6.83. The summed E-state index contributed by atoms with van der Waals surface area (Å²) in [7, 11) is 0. The van der Waals surface area contributed by atoms with Crippen LogP contribution < -0.4 is 10.6 Å². The van der Waals surface area contributed by atoms with Crippen LogP contribution in [0.5, 0.6) is 0 Å². The first-order valence-corrected chi connectivity index (χ1v) is 6.25. The van der Waals surface area contributed by atoms with E-state index in [4.69, 9.17) is 0 Å². The summed E-state index contributed by atoms with van der Waals surface area (Å²) in [5.74, 6) is 0.439. The Morgan fingerprint density at radius 1 is 1.60 bits per heavy atom. The summed E-state index contributed by atoms with van der Waals surface area (Å²) in [6.07, 6.45) is 5.67. The van der Waals surface area contributed by atoms with Crippen LogP contribution in [0.1, 0.15) is 46.0 Å². The SMILES string of the molecule is CCCCC(C)NC(=O)C1CCCNC1. The lowest BCUT2D eigenvalue weighted by molar-refractivity contribution is -0.126. The highest BCUT2D eigenvalue weighted by Crippen LogP contribution is 2.10. The number of hydrogen-bond donors (Lipinski definition) is 2. The normalized spacial score (nSPS) is 23.5. The molecule has 3 heteroatoms. The number of hydrogen-bond acceptors (Lipinski definition) is 2. The van der Waals surface area contributed by atoms with E-state index in [9.17, 15) is 4.79 Å². The molecule has 0 radical (unpaired) electrons. The zero-order chi connectivity index (χ0) is 11.1. The van der Waals surface area contributed by atoms with Gasteiger partial charge < -0.3 is 10.6 Å². The second-order valence-electron chi connectivity index (χ2n) is 4.60. The molecule has 1 aliphatic heterocycles. The Hall–Kier alpha value is -0.570. The van der Waals surface area contributed by atoms with Crippen molar-refractivity contribution in [2.24, 2.45) is 5.92 Å². The van der Waals surface area contributed by atoms with E-state index in [1.165, 1.54) is 12.8 Å². The fraction of sp³-hybridized carbons (Fsp3) is 0.917. The number of unbranched alkanes of at least 4 members (excludes halogenated alkanes) is 1. The van der Waals surface area contributed by atoms with Crippen molar-refractivity contribution in [2.45, 2.75) is 52.0 Å². The lowest BCUT2D eigenvalue weighted by atomic mass is 9.98. The Bertz CT molecular complexity index is 188. The monoisotopic (exact) mass is 212 g/mol. The molecule has 0 spiro atoms. The van der Waals surface area contributed by atoms with Crippen molar-refractivity contribution in [1.82, 2.24) is 10.6 Å². The third-order valence-electron chi connectivity index (χ3n) is 3.05. The van der Waals surface area contributed by atoms with Gasteiger partial charge in [-0.05, 0) is 32.7 Å². The summed E-state index contributed by atoms with van der Waals surface area (Å²) in [4.78, 5) is 11.8. The molecule has 1 heterocycles. The van der Waals surface area contributed by atoms with E-state index in [-0.39, 0.29) is 11.8 Å². The minimum atomic E-state index is 0.197. The number of rotatable bonds is 5. The van der Waals surface area contributed by atoms with Gasteiger partial charge in [0.05, 0.1) is 5.92 Å². The van der Waals surface area contributed by atoms with E-state index in [0.717, 1.165) is 32.4 Å². The zero-order valence-electron chi connectivity index (χ0n) is 10.0. The van der Waals surface area contributed by atoms with Gasteiger partial charge in [-0.2, -0.15) is 0 Å². The number of carbonyl (C=O) groups is 1. The van der Waals surface area contributed by atoms with Gasteiger partial charge in [-0.1, -0.05) is 19.8 Å².